The van der Waals surface area contributed by atoms with Gasteiger partial charge in [-0.1, -0.05) is 5.16 Å². The first-order valence-corrected chi connectivity index (χ1v) is 6.84. The van der Waals surface area contributed by atoms with Gasteiger partial charge in [0.15, 0.2) is 5.82 Å². The Hall–Kier alpha value is -2.57. The van der Waals surface area contributed by atoms with Crippen LogP contribution in [0, 0.1) is 27.7 Å². The lowest BCUT2D eigenvalue weighted by Crippen LogP contribution is -2.35. The van der Waals surface area contributed by atoms with Crippen molar-refractivity contribution < 1.29 is 18.5 Å². The third kappa shape index (κ3) is 3.19. The van der Waals surface area contributed by atoms with Gasteiger partial charge in [-0.3, -0.25) is 9.59 Å². The summed E-state index contributed by atoms with van der Waals surface area (Å²) in [7, 11) is 1.57. The molecular weight excluding hydrogens is 286 g/mol. The average Bonchev–Trinajstić information content (AvgIpc) is 2.93. The number of amides is 2. The average molecular weight is 305 g/mol. The Morgan fingerprint density at radius 2 is 1.91 bits per heavy atom. The van der Waals surface area contributed by atoms with E-state index in [9.17, 15) is 9.59 Å². The summed E-state index contributed by atoms with van der Waals surface area (Å²) in [5, 5.41) is 6.25. The zero-order valence-electron chi connectivity index (χ0n) is 13.3. The van der Waals surface area contributed by atoms with Gasteiger partial charge in [0, 0.05) is 18.7 Å². The number of nitrogens with zero attached hydrogens (tertiary/aromatic N) is 2. The molecule has 2 heterocycles. The first kappa shape index (κ1) is 15.8. The fourth-order valence-corrected chi connectivity index (χ4v) is 2.19. The van der Waals surface area contributed by atoms with E-state index >= 15 is 0 Å². The number of likely N-dealkylation sites (N-methyl/N-ethyl adjacent to an activating group) is 1. The van der Waals surface area contributed by atoms with E-state index in [2.05, 4.69) is 10.5 Å². The van der Waals surface area contributed by atoms with Crippen molar-refractivity contribution in [3.63, 3.8) is 0 Å². The van der Waals surface area contributed by atoms with Gasteiger partial charge in [-0.05, 0) is 27.7 Å². The van der Waals surface area contributed by atoms with E-state index in [0.717, 1.165) is 5.56 Å². The molecular formula is C15H19N3O4. The van der Waals surface area contributed by atoms with Gasteiger partial charge >= 0.3 is 0 Å². The summed E-state index contributed by atoms with van der Waals surface area (Å²) >= 11 is 0. The molecule has 0 radical (unpaired) electrons. The number of hydrogen-bond donors (Lipinski definition) is 1. The Morgan fingerprint density at radius 3 is 2.41 bits per heavy atom. The van der Waals surface area contributed by atoms with Crippen LogP contribution in [0.4, 0.5) is 5.82 Å². The van der Waals surface area contributed by atoms with Gasteiger partial charge in [0.2, 0.25) is 5.91 Å². The van der Waals surface area contributed by atoms with Crippen molar-refractivity contribution in [2.75, 3.05) is 18.9 Å². The molecule has 7 heteroatoms. The second-order valence-electron chi connectivity index (χ2n) is 5.25. The van der Waals surface area contributed by atoms with Crippen LogP contribution in [0.25, 0.3) is 0 Å². The van der Waals surface area contributed by atoms with Crippen molar-refractivity contribution in [2.24, 2.45) is 0 Å². The molecule has 0 saturated heterocycles. The second kappa shape index (κ2) is 6.05. The number of rotatable bonds is 4. The standard InChI is InChI=1S/C15H19N3O4/c1-8-6-12(17-22-8)16-13(19)7-18(5)15(20)14-9(2)10(3)21-11(14)4/h6H,7H2,1-5H3,(H,16,17,19). The third-order valence-electron chi connectivity index (χ3n) is 3.40. The summed E-state index contributed by atoms with van der Waals surface area (Å²) in [6.45, 7) is 7.00. The molecule has 0 fully saturated rings. The van der Waals surface area contributed by atoms with Crippen molar-refractivity contribution >= 4 is 17.6 Å². The number of aryl methyl sites for hydroxylation is 3. The second-order valence-corrected chi connectivity index (χ2v) is 5.25. The lowest BCUT2D eigenvalue weighted by molar-refractivity contribution is -0.116. The molecule has 2 rings (SSSR count). The monoisotopic (exact) mass is 305 g/mol. The van der Waals surface area contributed by atoms with Crippen LogP contribution in [0.5, 0.6) is 0 Å². The number of carbonyl (C=O) groups is 2. The molecule has 2 amide bonds. The van der Waals surface area contributed by atoms with E-state index in [4.69, 9.17) is 8.94 Å². The van der Waals surface area contributed by atoms with E-state index < -0.39 is 0 Å². The smallest absolute Gasteiger partial charge is 0.257 e. The molecule has 0 bridgehead atoms. The van der Waals surface area contributed by atoms with Crippen molar-refractivity contribution in [3.05, 3.63) is 34.5 Å². The zero-order valence-corrected chi connectivity index (χ0v) is 13.3. The van der Waals surface area contributed by atoms with Crippen LogP contribution in [-0.2, 0) is 4.79 Å². The first-order valence-electron chi connectivity index (χ1n) is 6.84. The maximum absolute atomic E-state index is 12.4. The van der Waals surface area contributed by atoms with Gasteiger partial charge in [-0.15, -0.1) is 0 Å². The van der Waals surface area contributed by atoms with Gasteiger partial charge < -0.3 is 19.2 Å². The van der Waals surface area contributed by atoms with Crippen molar-refractivity contribution in [2.45, 2.75) is 27.7 Å². The molecule has 1 N–H and O–H groups in total. The predicted octanol–water partition coefficient (Wildman–Crippen LogP) is 2.21. The van der Waals surface area contributed by atoms with Crippen LogP contribution >= 0.6 is 0 Å². The van der Waals surface area contributed by atoms with Crippen molar-refractivity contribution in [1.29, 1.82) is 0 Å². The van der Waals surface area contributed by atoms with Crippen LogP contribution in [0.2, 0.25) is 0 Å². The van der Waals surface area contributed by atoms with Crippen molar-refractivity contribution in [3.8, 4) is 0 Å². The molecule has 0 aromatic carbocycles. The molecule has 118 valence electrons. The molecule has 2 aromatic rings. The molecule has 0 spiro atoms. The molecule has 22 heavy (non-hydrogen) atoms. The van der Waals surface area contributed by atoms with Crippen molar-refractivity contribution in [1.82, 2.24) is 10.1 Å². The number of hydrogen-bond acceptors (Lipinski definition) is 5. The Labute approximate surface area is 128 Å². The van der Waals surface area contributed by atoms with E-state index in [-0.39, 0.29) is 18.4 Å². The molecule has 2 aromatic heterocycles. The minimum absolute atomic E-state index is 0.0894. The predicted molar refractivity (Wildman–Crippen MR) is 79.7 cm³/mol. The van der Waals surface area contributed by atoms with Gasteiger partial charge in [0.05, 0.1) is 12.1 Å². The minimum atomic E-state index is -0.348. The van der Waals surface area contributed by atoms with Gasteiger partial charge in [0.1, 0.15) is 17.3 Å². The Bertz CT molecular complexity index is 714. The molecule has 0 aliphatic heterocycles. The highest BCUT2D eigenvalue weighted by Crippen LogP contribution is 2.22. The van der Waals surface area contributed by atoms with Gasteiger partial charge in [-0.25, -0.2) is 0 Å². The molecule has 0 atom stereocenters. The normalized spacial score (nSPS) is 10.6. The highest BCUT2D eigenvalue weighted by atomic mass is 16.5. The molecule has 0 unspecified atom stereocenters. The maximum atomic E-state index is 12.4. The zero-order chi connectivity index (χ0) is 16.4. The largest absolute Gasteiger partial charge is 0.466 e. The highest BCUT2D eigenvalue weighted by Gasteiger charge is 2.23. The summed E-state index contributed by atoms with van der Waals surface area (Å²) in [6.07, 6.45) is 0. The molecule has 0 aliphatic carbocycles. The number of anilines is 1. The molecule has 0 aliphatic rings. The fraction of sp³-hybridized carbons (Fsp3) is 0.400. The Morgan fingerprint density at radius 1 is 1.23 bits per heavy atom. The Balaban J connectivity index is 2.03. The minimum Gasteiger partial charge on any atom is -0.466 e. The van der Waals surface area contributed by atoms with Gasteiger partial charge in [0.25, 0.3) is 5.91 Å². The number of carbonyl (C=O) groups excluding carboxylic acids is 2. The summed E-state index contributed by atoms with van der Waals surface area (Å²) in [6, 6.07) is 1.60. The highest BCUT2D eigenvalue weighted by molar-refractivity contribution is 6.00. The van der Waals surface area contributed by atoms with Gasteiger partial charge in [-0.2, -0.15) is 0 Å². The van der Waals surface area contributed by atoms with E-state index in [1.807, 2.05) is 6.92 Å². The first-order chi connectivity index (χ1) is 10.3. The topological polar surface area (TPSA) is 88.6 Å². The summed E-state index contributed by atoms with van der Waals surface area (Å²) < 4.78 is 10.3. The number of nitrogens with one attached hydrogen (secondary N) is 1. The quantitative estimate of drug-likeness (QED) is 0.935. The summed E-state index contributed by atoms with van der Waals surface area (Å²) in [5.41, 5.74) is 1.30. The van der Waals surface area contributed by atoms with Crippen LogP contribution in [0.3, 0.4) is 0 Å². The van der Waals surface area contributed by atoms with Crippen LogP contribution in [-0.4, -0.2) is 35.5 Å². The SMILES string of the molecule is Cc1cc(NC(=O)CN(C)C(=O)c2c(C)oc(C)c2C)no1. The van der Waals surface area contributed by atoms with Crippen LogP contribution in [0.15, 0.2) is 15.0 Å². The van der Waals surface area contributed by atoms with Crippen LogP contribution in [0.1, 0.15) is 33.2 Å². The summed E-state index contributed by atoms with van der Waals surface area (Å²) in [4.78, 5) is 25.7. The fourth-order valence-electron chi connectivity index (χ4n) is 2.19. The lowest BCUT2D eigenvalue weighted by atomic mass is 10.1. The molecule has 0 saturated carbocycles. The number of aromatic nitrogens is 1. The summed E-state index contributed by atoms with van der Waals surface area (Å²) in [5.74, 6) is 1.59. The van der Waals surface area contributed by atoms with E-state index in [1.165, 1.54) is 4.90 Å². The molecule has 7 nitrogen and oxygen atoms in total. The lowest BCUT2D eigenvalue weighted by Gasteiger charge is -2.16. The number of furan rings is 1. The van der Waals surface area contributed by atoms with E-state index in [1.54, 1.807) is 33.9 Å². The van der Waals surface area contributed by atoms with Crippen LogP contribution < -0.4 is 5.32 Å². The van der Waals surface area contributed by atoms with E-state index in [0.29, 0.717) is 28.7 Å². The Kier molecular flexibility index (Phi) is 4.35. The maximum Gasteiger partial charge on any atom is 0.257 e. The third-order valence-corrected chi connectivity index (χ3v) is 3.40.